The molecule has 2 aromatic heterocycles. The minimum atomic E-state index is -0.597. The van der Waals surface area contributed by atoms with Crippen LogP contribution in [-0.2, 0) is 6.54 Å². The Bertz CT molecular complexity index is 1280. The molecule has 2 heterocycles. The van der Waals surface area contributed by atoms with Gasteiger partial charge in [0.1, 0.15) is 5.75 Å². The molecule has 4 rings (SSSR count). The second kappa shape index (κ2) is 7.63. The number of pyridine rings is 1. The van der Waals surface area contributed by atoms with E-state index in [1.165, 1.54) is 6.07 Å². The number of para-hydroxylation sites is 1. The Morgan fingerprint density at radius 2 is 2.03 bits per heavy atom. The molecule has 0 bridgehead atoms. The first-order chi connectivity index (χ1) is 14.5. The smallest absolute Gasteiger partial charge is 0.271 e. The van der Waals surface area contributed by atoms with Gasteiger partial charge in [0.15, 0.2) is 0 Å². The van der Waals surface area contributed by atoms with Crippen LogP contribution in [0.5, 0.6) is 5.75 Å². The molecule has 0 atom stereocenters. The van der Waals surface area contributed by atoms with Gasteiger partial charge >= 0.3 is 0 Å². The number of anilines is 1. The molecule has 0 aliphatic heterocycles. The molecule has 0 unspecified atom stereocenters. The Balaban J connectivity index is 1.78. The van der Waals surface area contributed by atoms with Crippen molar-refractivity contribution in [3.63, 3.8) is 0 Å². The predicted molar refractivity (Wildman–Crippen MR) is 111 cm³/mol. The van der Waals surface area contributed by atoms with Crippen molar-refractivity contribution in [2.24, 2.45) is 0 Å². The highest BCUT2D eigenvalue weighted by molar-refractivity contribution is 6.13. The summed E-state index contributed by atoms with van der Waals surface area (Å²) in [5.41, 5.74) is 1.99. The molecule has 0 fully saturated rings. The van der Waals surface area contributed by atoms with Crippen molar-refractivity contribution in [3.8, 4) is 17.0 Å². The standard InChI is InChI=1S/C21H17N5O4/c1-2-25-12-13(11-22-25)18-10-16(15-5-3-4-6-17(15)23-18)21(28)24-19-9-14(26(29)30)7-8-20(19)27/h3-12,27H,2H2,1H3,(H,24,28). The average molecular weight is 403 g/mol. The maximum atomic E-state index is 13.1. The number of amides is 1. The van der Waals surface area contributed by atoms with Crippen molar-refractivity contribution >= 4 is 28.2 Å². The highest BCUT2D eigenvalue weighted by atomic mass is 16.6. The molecule has 9 heteroatoms. The fourth-order valence-corrected chi connectivity index (χ4v) is 3.11. The van der Waals surface area contributed by atoms with Crippen molar-refractivity contribution < 1.29 is 14.8 Å². The highest BCUT2D eigenvalue weighted by Crippen LogP contribution is 2.30. The molecule has 1 amide bonds. The monoisotopic (exact) mass is 403 g/mol. The molecule has 150 valence electrons. The summed E-state index contributed by atoms with van der Waals surface area (Å²) in [6, 6.07) is 12.3. The van der Waals surface area contributed by atoms with Gasteiger partial charge < -0.3 is 10.4 Å². The minimum absolute atomic E-state index is 0.0459. The number of nitro benzene ring substituents is 1. The van der Waals surface area contributed by atoms with E-state index in [-0.39, 0.29) is 17.1 Å². The number of nitrogens with one attached hydrogen (secondary N) is 1. The van der Waals surface area contributed by atoms with Crippen LogP contribution < -0.4 is 5.32 Å². The van der Waals surface area contributed by atoms with Gasteiger partial charge in [0.2, 0.25) is 0 Å². The number of carbonyl (C=O) groups excluding carboxylic acids is 1. The van der Waals surface area contributed by atoms with Crippen molar-refractivity contribution in [2.45, 2.75) is 13.5 Å². The van der Waals surface area contributed by atoms with E-state index in [0.29, 0.717) is 28.7 Å². The van der Waals surface area contributed by atoms with E-state index < -0.39 is 10.8 Å². The molecule has 0 aliphatic rings. The van der Waals surface area contributed by atoms with Crippen LogP contribution in [0.2, 0.25) is 0 Å². The minimum Gasteiger partial charge on any atom is -0.506 e. The summed E-state index contributed by atoms with van der Waals surface area (Å²) in [5.74, 6) is -0.787. The van der Waals surface area contributed by atoms with Gasteiger partial charge in [0.25, 0.3) is 11.6 Å². The number of nitrogens with zero attached hydrogens (tertiary/aromatic N) is 4. The summed E-state index contributed by atoms with van der Waals surface area (Å²) in [6.07, 6.45) is 3.51. The number of benzene rings is 2. The third kappa shape index (κ3) is 3.55. The molecule has 0 radical (unpaired) electrons. The van der Waals surface area contributed by atoms with Crippen molar-refractivity contribution in [2.75, 3.05) is 5.32 Å². The maximum Gasteiger partial charge on any atom is 0.271 e. The number of fused-ring (bicyclic) bond motifs is 1. The molecule has 2 aromatic carbocycles. The number of aryl methyl sites for hydroxylation is 1. The number of phenols is 1. The van der Waals surface area contributed by atoms with Crippen LogP contribution in [0, 0.1) is 10.1 Å². The average Bonchev–Trinajstić information content (AvgIpc) is 3.23. The lowest BCUT2D eigenvalue weighted by Gasteiger charge is -2.11. The molecular weight excluding hydrogens is 386 g/mol. The Morgan fingerprint density at radius 1 is 1.23 bits per heavy atom. The van der Waals surface area contributed by atoms with E-state index in [9.17, 15) is 20.0 Å². The van der Waals surface area contributed by atoms with Gasteiger partial charge in [-0.3, -0.25) is 19.6 Å². The summed E-state index contributed by atoms with van der Waals surface area (Å²) in [7, 11) is 0. The molecule has 0 saturated heterocycles. The van der Waals surface area contributed by atoms with Gasteiger partial charge in [-0.1, -0.05) is 18.2 Å². The Hall–Kier alpha value is -4.27. The molecule has 30 heavy (non-hydrogen) atoms. The zero-order valence-corrected chi connectivity index (χ0v) is 15.9. The van der Waals surface area contributed by atoms with Crippen LogP contribution in [0.1, 0.15) is 17.3 Å². The molecule has 4 aromatic rings. The second-order valence-electron chi connectivity index (χ2n) is 6.57. The highest BCUT2D eigenvalue weighted by Gasteiger charge is 2.18. The van der Waals surface area contributed by atoms with Crippen molar-refractivity contribution in [1.82, 2.24) is 14.8 Å². The first-order valence-electron chi connectivity index (χ1n) is 9.17. The van der Waals surface area contributed by atoms with Crippen molar-refractivity contribution in [1.29, 1.82) is 0 Å². The van der Waals surface area contributed by atoms with E-state index in [1.807, 2.05) is 19.2 Å². The number of hydrogen-bond donors (Lipinski definition) is 2. The number of phenolic OH excluding ortho intramolecular Hbond substituents is 1. The second-order valence-corrected chi connectivity index (χ2v) is 6.57. The maximum absolute atomic E-state index is 13.1. The van der Waals surface area contributed by atoms with Crippen LogP contribution in [0.15, 0.2) is 60.9 Å². The molecule has 0 spiro atoms. The Kier molecular flexibility index (Phi) is 4.85. The number of carbonyl (C=O) groups is 1. The zero-order chi connectivity index (χ0) is 21.3. The molecule has 2 N–H and O–H groups in total. The fourth-order valence-electron chi connectivity index (χ4n) is 3.11. The topological polar surface area (TPSA) is 123 Å². The van der Waals surface area contributed by atoms with E-state index in [2.05, 4.69) is 15.4 Å². The molecule has 0 saturated carbocycles. The summed E-state index contributed by atoms with van der Waals surface area (Å²) in [6.45, 7) is 2.67. The fraction of sp³-hybridized carbons (Fsp3) is 0.0952. The third-order valence-electron chi connectivity index (χ3n) is 4.65. The third-order valence-corrected chi connectivity index (χ3v) is 4.65. The van der Waals surface area contributed by atoms with Crippen LogP contribution in [0.25, 0.3) is 22.2 Å². The van der Waals surface area contributed by atoms with Crippen LogP contribution >= 0.6 is 0 Å². The quantitative estimate of drug-likeness (QED) is 0.295. The molecule has 0 aliphatic carbocycles. The van der Waals surface area contributed by atoms with Gasteiger partial charge in [0, 0.05) is 35.8 Å². The van der Waals surface area contributed by atoms with Crippen LogP contribution in [0.3, 0.4) is 0 Å². The lowest BCUT2D eigenvalue weighted by atomic mass is 10.0. The van der Waals surface area contributed by atoms with E-state index >= 15 is 0 Å². The summed E-state index contributed by atoms with van der Waals surface area (Å²) < 4.78 is 1.76. The van der Waals surface area contributed by atoms with Gasteiger partial charge in [-0.2, -0.15) is 5.10 Å². The molecular formula is C21H17N5O4. The summed E-state index contributed by atoms with van der Waals surface area (Å²) >= 11 is 0. The van der Waals surface area contributed by atoms with Crippen LogP contribution in [-0.4, -0.2) is 30.7 Å². The SMILES string of the molecule is CCn1cc(-c2cc(C(=O)Nc3cc([N+](=O)[O-])ccc3O)c3ccccc3n2)cn1. The Labute approximate surface area is 170 Å². The number of aromatic hydroxyl groups is 1. The normalized spacial score (nSPS) is 10.8. The van der Waals surface area contributed by atoms with Crippen molar-refractivity contribution in [3.05, 3.63) is 76.6 Å². The number of aromatic nitrogens is 3. The number of non-ortho nitro benzene ring substituents is 1. The van der Waals surface area contributed by atoms with Gasteiger partial charge in [-0.25, -0.2) is 4.98 Å². The largest absolute Gasteiger partial charge is 0.506 e. The summed E-state index contributed by atoms with van der Waals surface area (Å²) in [5, 5.41) is 28.5. The van der Waals surface area contributed by atoms with Gasteiger partial charge in [0.05, 0.1) is 33.6 Å². The zero-order valence-electron chi connectivity index (χ0n) is 15.9. The predicted octanol–water partition coefficient (Wildman–Crippen LogP) is 3.98. The number of nitro groups is 1. The van der Waals surface area contributed by atoms with Gasteiger partial charge in [-0.05, 0) is 25.1 Å². The lowest BCUT2D eigenvalue weighted by Crippen LogP contribution is -2.13. The number of hydrogen-bond acceptors (Lipinski definition) is 6. The molecule has 9 nitrogen and oxygen atoms in total. The number of rotatable bonds is 5. The van der Waals surface area contributed by atoms with E-state index in [0.717, 1.165) is 17.7 Å². The van der Waals surface area contributed by atoms with E-state index in [4.69, 9.17) is 0 Å². The first kappa shape index (κ1) is 19.1. The first-order valence-corrected chi connectivity index (χ1v) is 9.17. The van der Waals surface area contributed by atoms with E-state index in [1.54, 1.807) is 35.1 Å². The summed E-state index contributed by atoms with van der Waals surface area (Å²) in [4.78, 5) is 28.1. The lowest BCUT2D eigenvalue weighted by molar-refractivity contribution is -0.384. The van der Waals surface area contributed by atoms with Crippen LogP contribution in [0.4, 0.5) is 11.4 Å². The Morgan fingerprint density at radius 3 is 2.77 bits per heavy atom. The van der Waals surface area contributed by atoms with Gasteiger partial charge in [-0.15, -0.1) is 0 Å².